The Bertz CT molecular complexity index is 1180. The van der Waals surface area contributed by atoms with E-state index in [-0.39, 0.29) is 49.1 Å². The van der Waals surface area contributed by atoms with Gasteiger partial charge in [-0.15, -0.1) is 0 Å². The first-order chi connectivity index (χ1) is 19.1. The quantitative estimate of drug-likeness (QED) is 0.357. The highest BCUT2D eigenvalue weighted by Gasteiger charge is 2.53. The van der Waals surface area contributed by atoms with E-state index in [1.54, 1.807) is 18.2 Å². The summed E-state index contributed by atoms with van der Waals surface area (Å²) < 4.78 is 22.6. The summed E-state index contributed by atoms with van der Waals surface area (Å²) in [6.07, 6.45) is 6.46. The molecule has 41 heavy (non-hydrogen) atoms. The molecule has 0 bridgehead atoms. The van der Waals surface area contributed by atoms with E-state index in [4.69, 9.17) is 24.1 Å². The summed E-state index contributed by atoms with van der Waals surface area (Å²) in [7, 11) is 0. The average Bonchev–Trinajstić information content (AvgIpc) is 2.91. The smallest absolute Gasteiger partial charge is 0.339 e. The van der Waals surface area contributed by atoms with Crippen LogP contribution >= 0.6 is 0 Å². The zero-order valence-electron chi connectivity index (χ0n) is 25.7. The molecule has 3 atom stereocenters. The predicted octanol–water partition coefficient (Wildman–Crippen LogP) is 5.02. The molecule has 0 fully saturated rings. The van der Waals surface area contributed by atoms with Gasteiger partial charge in [0, 0.05) is 5.92 Å². The van der Waals surface area contributed by atoms with Crippen molar-refractivity contribution < 1.29 is 38.7 Å². The second-order valence-electron chi connectivity index (χ2n) is 12.9. The van der Waals surface area contributed by atoms with E-state index in [2.05, 4.69) is 0 Å². The van der Waals surface area contributed by atoms with Crippen LogP contribution in [0.15, 0.2) is 48.3 Å². The van der Waals surface area contributed by atoms with Gasteiger partial charge < -0.3 is 29.2 Å². The van der Waals surface area contributed by atoms with Crippen molar-refractivity contribution in [3.8, 4) is 5.75 Å². The van der Waals surface area contributed by atoms with Crippen LogP contribution < -0.4 is 4.74 Å². The largest absolute Gasteiger partial charge is 0.491 e. The zero-order valence-corrected chi connectivity index (χ0v) is 25.7. The van der Waals surface area contributed by atoms with Crippen LogP contribution in [0, 0.1) is 22.2 Å². The second kappa shape index (κ2) is 12.8. The standard InChI is InChI=1S/C33H46O8/c1-9-21-16-24(38-15-14-34)12-13-26(21)27-17-22-10-11-25(18-28(22)41-29(27)36)39-19-23(35)20-40-30(37)33(8,31(2,3)4)32(5,6)7/h10-13,16-18,22-23,28,34-35H,9,14-15,19-20H2,1-8H3. The van der Waals surface area contributed by atoms with Crippen LogP contribution in [-0.2, 0) is 30.2 Å². The number of rotatable bonds is 11. The molecule has 0 radical (unpaired) electrons. The zero-order chi connectivity index (χ0) is 30.6. The minimum absolute atomic E-state index is 0.0733. The lowest BCUT2D eigenvalue weighted by atomic mass is 9.55. The van der Waals surface area contributed by atoms with Gasteiger partial charge in [-0.25, -0.2) is 4.79 Å². The molecule has 226 valence electrons. The van der Waals surface area contributed by atoms with Crippen molar-refractivity contribution in [2.75, 3.05) is 26.4 Å². The molecule has 3 rings (SSSR count). The highest BCUT2D eigenvalue weighted by Crippen LogP contribution is 2.52. The Morgan fingerprint density at radius 3 is 2.32 bits per heavy atom. The topological polar surface area (TPSA) is 112 Å². The minimum Gasteiger partial charge on any atom is -0.491 e. The molecular formula is C33H46O8. The molecule has 3 unspecified atom stereocenters. The molecule has 2 N–H and O–H groups in total. The number of carbonyl (C=O) groups is 2. The van der Waals surface area contributed by atoms with Crippen molar-refractivity contribution in [1.29, 1.82) is 0 Å². The SMILES string of the molecule is CCc1cc(OCCO)ccc1C1=CC2C=CC(OCC(O)COC(=O)C(C)(C(C)(C)C)C(C)(C)C)=CC2OC1=O. The molecule has 0 aromatic heterocycles. The fourth-order valence-corrected chi connectivity index (χ4v) is 5.32. The van der Waals surface area contributed by atoms with Gasteiger partial charge >= 0.3 is 11.9 Å². The minimum atomic E-state index is -1.02. The molecule has 0 amide bonds. The molecule has 0 spiro atoms. The molecule has 1 aliphatic carbocycles. The monoisotopic (exact) mass is 570 g/mol. The van der Waals surface area contributed by atoms with Gasteiger partial charge in [0.05, 0.1) is 17.6 Å². The van der Waals surface area contributed by atoms with E-state index in [9.17, 15) is 14.7 Å². The lowest BCUT2D eigenvalue weighted by Crippen LogP contribution is -2.51. The summed E-state index contributed by atoms with van der Waals surface area (Å²) in [4.78, 5) is 26.1. The summed E-state index contributed by atoms with van der Waals surface area (Å²) in [5.74, 6) is 0.160. The third-order valence-corrected chi connectivity index (χ3v) is 8.38. The van der Waals surface area contributed by atoms with Crippen LogP contribution in [-0.4, -0.2) is 60.8 Å². The highest BCUT2D eigenvalue weighted by atomic mass is 16.6. The predicted molar refractivity (Wildman–Crippen MR) is 157 cm³/mol. The number of esters is 2. The fraction of sp³-hybridized carbons (Fsp3) is 0.576. The van der Waals surface area contributed by atoms with Gasteiger partial charge in [-0.1, -0.05) is 66.7 Å². The van der Waals surface area contributed by atoms with Crippen molar-refractivity contribution in [3.05, 3.63) is 59.4 Å². The number of aryl methyl sites for hydroxylation is 1. The maximum absolute atomic E-state index is 13.1. The maximum Gasteiger partial charge on any atom is 0.339 e. The van der Waals surface area contributed by atoms with Crippen molar-refractivity contribution in [2.45, 2.75) is 74.0 Å². The van der Waals surface area contributed by atoms with Gasteiger partial charge in [0.1, 0.15) is 43.5 Å². The van der Waals surface area contributed by atoms with Gasteiger partial charge in [0.25, 0.3) is 0 Å². The maximum atomic E-state index is 13.1. The molecule has 2 aliphatic rings. The van der Waals surface area contributed by atoms with E-state index in [1.807, 2.05) is 79.7 Å². The number of hydrogen-bond acceptors (Lipinski definition) is 8. The Morgan fingerprint density at radius 2 is 1.71 bits per heavy atom. The van der Waals surface area contributed by atoms with Crippen LogP contribution in [0.5, 0.6) is 5.75 Å². The lowest BCUT2D eigenvalue weighted by molar-refractivity contribution is -0.176. The number of carbonyl (C=O) groups excluding carboxylic acids is 2. The first kappa shape index (κ1) is 32.4. The van der Waals surface area contributed by atoms with Gasteiger partial charge in [-0.05, 0) is 59.6 Å². The van der Waals surface area contributed by atoms with Crippen LogP contribution in [0.4, 0.5) is 0 Å². The van der Waals surface area contributed by atoms with Crippen LogP contribution in [0.3, 0.4) is 0 Å². The van der Waals surface area contributed by atoms with E-state index in [0.29, 0.717) is 23.5 Å². The first-order valence-corrected chi connectivity index (χ1v) is 14.3. The summed E-state index contributed by atoms with van der Waals surface area (Å²) in [5, 5.41) is 19.5. The van der Waals surface area contributed by atoms with Gasteiger partial charge in [0.15, 0.2) is 0 Å². The number of ether oxygens (including phenoxy) is 4. The lowest BCUT2D eigenvalue weighted by Gasteiger charge is -2.48. The molecule has 1 aliphatic heterocycles. The normalized spacial score (nSPS) is 19.9. The number of hydrogen-bond donors (Lipinski definition) is 2. The molecule has 1 aromatic rings. The highest BCUT2D eigenvalue weighted by molar-refractivity contribution is 6.17. The Balaban J connectivity index is 1.61. The number of fused-ring (bicyclic) bond motifs is 1. The molecule has 0 saturated heterocycles. The molecule has 1 aromatic carbocycles. The first-order valence-electron chi connectivity index (χ1n) is 14.3. The Morgan fingerprint density at radius 1 is 1.02 bits per heavy atom. The summed E-state index contributed by atoms with van der Waals surface area (Å²) in [6.45, 7) is 15.8. The van der Waals surface area contributed by atoms with Gasteiger partial charge in [-0.2, -0.15) is 0 Å². The number of allylic oxidation sites excluding steroid dienone is 1. The summed E-state index contributed by atoms with van der Waals surface area (Å²) >= 11 is 0. The summed E-state index contributed by atoms with van der Waals surface area (Å²) in [6, 6.07) is 5.50. The molecule has 1 heterocycles. The number of aliphatic hydroxyl groups excluding tert-OH is 2. The van der Waals surface area contributed by atoms with Crippen molar-refractivity contribution in [3.63, 3.8) is 0 Å². The third-order valence-electron chi connectivity index (χ3n) is 8.38. The van der Waals surface area contributed by atoms with Gasteiger partial charge in [-0.3, -0.25) is 4.79 Å². The fourth-order valence-electron chi connectivity index (χ4n) is 5.32. The van der Waals surface area contributed by atoms with E-state index >= 15 is 0 Å². The molecular weight excluding hydrogens is 524 g/mol. The van der Waals surface area contributed by atoms with Crippen LogP contribution in [0.25, 0.3) is 5.57 Å². The summed E-state index contributed by atoms with van der Waals surface area (Å²) in [5.41, 5.74) is 0.767. The van der Waals surface area contributed by atoms with Crippen molar-refractivity contribution >= 4 is 17.5 Å². The molecule has 8 nitrogen and oxygen atoms in total. The Labute approximate surface area is 244 Å². The van der Waals surface area contributed by atoms with Gasteiger partial charge in [0.2, 0.25) is 0 Å². The van der Waals surface area contributed by atoms with E-state index in [1.165, 1.54) is 0 Å². The number of benzene rings is 1. The second-order valence-corrected chi connectivity index (χ2v) is 12.9. The molecule has 8 heteroatoms. The van der Waals surface area contributed by atoms with Crippen LogP contribution in [0.2, 0.25) is 0 Å². The Hall–Kier alpha value is -3.10. The average molecular weight is 571 g/mol. The number of aliphatic hydroxyl groups is 2. The van der Waals surface area contributed by atoms with Crippen molar-refractivity contribution in [2.24, 2.45) is 22.2 Å². The van der Waals surface area contributed by atoms with E-state index in [0.717, 1.165) is 11.1 Å². The van der Waals surface area contributed by atoms with Crippen LogP contribution in [0.1, 0.15) is 66.5 Å². The third kappa shape index (κ3) is 7.22. The van der Waals surface area contributed by atoms with Crippen molar-refractivity contribution in [1.82, 2.24) is 0 Å². The Kier molecular flexibility index (Phi) is 10.1. The van der Waals surface area contributed by atoms with E-state index < -0.39 is 23.6 Å². The molecule has 0 saturated carbocycles.